The van der Waals surface area contributed by atoms with Gasteiger partial charge in [0, 0.05) is 11.9 Å². The van der Waals surface area contributed by atoms with Crippen molar-refractivity contribution >= 4 is 40.7 Å². The molecule has 0 spiro atoms. The molecule has 4 atom stereocenters. The number of nitrogens with zero attached hydrogens (tertiary/aromatic N) is 2. The Balaban J connectivity index is 1.70. The number of hydrogen-bond donors (Lipinski definition) is 2. The zero-order chi connectivity index (χ0) is 29.2. The number of pyridine rings is 1. The van der Waals surface area contributed by atoms with Crippen LogP contribution in [0.3, 0.4) is 0 Å². The van der Waals surface area contributed by atoms with E-state index in [2.05, 4.69) is 10.7 Å². The highest BCUT2D eigenvalue weighted by Gasteiger charge is 2.36. The first kappa shape index (κ1) is 29.2. The third-order valence-electron chi connectivity index (χ3n) is 7.23. The number of hydrazine groups is 1. The van der Waals surface area contributed by atoms with Crippen LogP contribution < -0.4 is 10.7 Å². The Labute approximate surface area is 234 Å². The topological polar surface area (TPSA) is 127 Å². The molecule has 0 radical (unpaired) electrons. The molecule has 214 valence electrons. The number of amides is 2. The lowest BCUT2D eigenvalue weighted by Crippen LogP contribution is -2.60. The number of cyclic esters (lactones) is 2. The lowest BCUT2D eigenvalue weighted by atomic mass is 9.92. The average molecular weight is 551 g/mol. The molecule has 2 aromatic rings. The Kier molecular flexibility index (Phi) is 8.58. The summed E-state index contributed by atoms with van der Waals surface area (Å²) in [7, 11) is 0. The number of carbonyl (C=O) groups is 4. The molecule has 40 heavy (non-hydrogen) atoms. The molecule has 2 aliphatic rings. The summed E-state index contributed by atoms with van der Waals surface area (Å²) in [6.45, 7) is 10.7. The minimum atomic E-state index is -1.09. The van der Waals surface area contributed by atoms with E-state index in [1.165, 1.54) is 5.01 Å². The molecule has 2 aliphatic heterocycles. The highest BCUT2D eigenvalue weighted by molar-refractivity contribution is 5.91. The van der Waals surface area contributed by atoms with Gasteiger partial charge in [0.25, 0.3) is 11.8 Å². The molecule has 2 N–H and O–H groups in total. The molecule has 1 fully saturated rings. The molecule has 0 aliphatic carbocycles. The summed E-state index contributed by atoms with van der Waals surface area (Å²) in [5.41, 5.74) is 4.06. The van der Waals surface area contributed by atoms with Crippen LogP contribution in [0, 0.1) is 11.3 Å². The van der Waals surface area contributed by atoms with Gasteiger partial charge in [0.1, 0.15) is 18.2 Å². The van der Waals surface area contributed by atoms with Crippen LogP contribution >= 0.6 is 0 Å². The van der Waals surface area contributed by atoms with E-state index in [-0.39, 0.29) is 5.92 Å². The molecular formula is C30H38N4O6. The van der Waals surface area contributed by atoms with Gasteiger partial charge in [0.2, 0.25) is 0 Å². The van der Waals surface area contributed by atoms with Crippen LogP contribution in [0.25, 0.3) is 17.0 Å². The fourth-order valence-electron chi connectivity index (χ4n) is 4.64. The van der Waals surface area contributed by atoms with Crippen LogP contribution in [0.1, 0.15) is 71.7 Å². The molecule has 0 saturated carbocycles. The van der Waals surface area contributed by atoms with E-state index in [1.54, 1.807) is 47.6 Å². The van der Waals surface area contributed by atoms with Crippen LogP contribution in [-0.2, 0) is 28.7 Å². The number of hydrogen-bond acceptors (Lipinski definition) is 8. The number of carbonyl (C=O) groups excluding carboxylic acids is 4. The molecule has 4 rings (SSSR count). The van der Waals surface area contributed by atoms with E-state index < -0.39 is 53.5 Å². The van der Waals surface area contributed by atoms with Crippen molar-refractivity contribution in [3.8, 4) is 0 Å². The van der Waals surface area contributed by atoms with E-state index in [0.717, 1.165) is 10.9 Å². The number of nitrogens with one attached hydrogen (secondary N) is 2. The summed E-state index contributed by atoms with van der Waals surface area (Å²) in [4.78, 5) is 57.2. The van der Waals surface area contributed by atoms with Gasteiger partial charge in [-0.05, 0) is 64.2 Å². The number of aromatic nitrogens is 1. The minimum absolute atomic E-state index is 0.331. The Morgan fingerprint density at radius 2 is 1.77 bits per heavy atom. The van der Waals surface area contributed by atoms with Gasteiger partial charge in [-0.3, -0.25) is 24.2 Å². The normalized spacial score (nSPS) is 27.2. The number of fused-ring (bicyclic) bond motifs is 4. The van der Waals surface area contributed by atoms with Crippen molar-refractivity contribution in [2.45, 2.75) is 78.7 Å². The summed E-state index contributed by atoms with van der Waals surface area (Å²) < 4.78 is 11.4. The van der Waals surface area contributed by atoms with Crippen LogP contribution in [0.4, 0.5) is 0 Å². The lowest BCUT2D eigenvalue weighted by molar-refractivity contribution is -0.165. The molecule has 5 bridgehead atoms. The maximum atomic E-state index is 13.2. The Morgan fingerprint density at radius 3 is 2.50 bits per heavy atom. The van der Waals surface area contributed by atoms with Crippen LogP contribution in [0.5, 0.6) is 0 Å². The third kappa shape index (κ3) is 6.50. The quantitative estimate of drug-likeness (QED) is 0.517. The predicted octanol–water partition coefficient (Wildman–Crippen LogP) is 3.46. The second-order valence-corrected chi connectivity index (χ2v) is 11.4. The van der Waals surface area contributed by atoms with Crippen molar-refractivity contribution < 1.29 is 28.7 Å². The largest absolute Gasteiger partial charge is 0.455 e. The second kappa shape index (κ2) is 11.8. The molecule has 10 nitrogen and oxygen atoms in total. The van der Waals surface area contributed by atoms with Gasteiger partial charge in [0.05, 0.1) is 16.6 Å². The smallest absolute Gasteiger partial charge is 0.325 e. The number of ether oxygens (including phenoxy) is 2. The molecule has 1 saturated heterocycles. The molecule has 1 aromatic heterocycles. The molecule has 2 amide bonds. The zero-order valence-corrected chi connectivity index (χ0v) is 23.9. The van der Waals surface area contributed by atoms with E-state index >= 15 is 0 Å². The minimum Gasteiger partial charge on any atom is -0.455 e. The molecule has 0 unspecified atom stereocenters. The first-order valence-corrected chi connectivity index (χ1v) is 13.7. The van der Waals surface area contributed by atoms with Crippen molar-refractivity contribution in [1.29, 1.82) is 0 Å². The van der Waals surface area contributed by atoms with Crippen LogP contribution in [0.2, 0.25) is 0 Å². The van der Waals surface area contributed by atoms with Gasteiger partial charge >= 0.3 is 11.9 Å². The molecule has 3 heterocycles. The van der Waals surface area contributed by atoms with Gasteiger partial charge in [-0.25, -0.2) is 10.4 Å². The molecular weight excluding hydrogens is 512 g/mol. The summed E-state index contributed by atoms with van der Waals surface area (Å²) in [5, 5.41) is 4.94. The van der Waals surface area contributed by atoms with Gasteiger partial charge < -0.3 is 14.8 Å². The lowest BCUT2D eigenvalue weighted by Gasteiger charge is -2.35. The Morgan fingerprint density at radius 1 is 1.05 bits per heavy atom. The highest BCUT2D eigenvalue weighted by atomic mass is 16.6. The number of esters is 2. The first-order valence-electron chi connectivity index (χ1n) is 13.7. The maximum absolute atomic E-state index is 13.2. The van der Waals surface area contributed by atoms with Crippen molar-refractivity contribution in [3.05, 3.63) is 47.7 Å². The molecule has 1 aromatic carbocycles. The summed E-state index contributed by atoms with van der Waals surface area (Å²) in [6.07, 6.45) is 2.92. The number of rotatable bonds is 1. The standard InChI is InChI=1S/C30H38N4O6/c1-17(2)25-26(35)31-18(3)27(36)34-15-7-8-23(33-34)28(37)39-19(4)22-12-11-21-10-9-20(16-24(21)32-22)13-14-30(5,6)29(38)40-25/h9-14,16-19,23,25,33H,7-8,15H2,1-6H3,(H,31,35)/b14-13+/t18-,19+,23-,25-/m0/s1. The second-order valence-electron chi connectivity index (χ2n) is 11.4. The fourth-order valence-corrected chi connectivity index (χ4v) is 4.64. The first-order chi connectivity index (χ1) is 18.9. The summed E-state index contributed by atoms with van der Waals surface area (Å²) in [5.74, 6) is -2.35. The van der Waals surface area contributed by atoms with Crippen LogP contribution in [0.15, 0.2) is 36.4 Å². The van der Waals surface area contributed by atoms with E-state index in [4.69, 9.17) is 14.5 Å². The van der Waals surface area contributed by atoms with Crippen molar-refractivity contribution in [2.24, 2.45) is 11.3 Å². The third-order valence-corrected chi connectivity index (χ3v) is 7.23. The van der Waals surface area contributed by atoms with Gasteiger partial charge in [0.15, 0.2) is 6.10 Å². The monoisotopic (exact) mass is 550 g/mol. The van der Waals surface area contributed by atoms with Gasteiger partial charge in [-0.1, -0.05) is 44.2 Å². The number of benzene rings is 1. The summed E-state index contributed by atoms with van der Waals surface area (Å²) >= 11 is 0. The Hall–Kier alpha value is -3.79. The summed E-state index contributed by atoms with van der Waals surface area (Å²) in [6, 6.07) is 7.85. The maximum Gasteiger partial charge on any atom is 0.325 e. The Bertz CT molecular complexity index is 1340. The van der Waals surface area contributed by atoms with Gasteiger partial charge in [-0.2, -0.15) is 0 Å². The van der Waals surface area contributed by atoms with E-state index in [1.807, 2.05) is 36.4 Å². The SMILES string of the molecule is CC(C)[C@@H]1OC(=O)C(C)(C)/C=C/c2ccc3ccc(nc3c2)[C@@H](C)OC(=O)[C@@H]2CCCN(N2)C(=O)[C@H](C)NC1=O. The van der Waals surface area contributed by atoms with Crippen molar-refractivity contribution in [2.75, 3.05) is 6.54 Å². The highest BCUT2D eigenvalue weighted by Crippen LogP contribution is 2.26. The molecule has 10 heteroatoms. The van der Waals surface area contributed by atoms with Crippen molar-refractivity contribution in [1.82, 2.24) is 20.7 Å². The van der Waals surface area contributed by atoms with E-state index in [0.29, 0.717) is 30.6 Å². The van der Waals surface area contributed by atoms with Crippen LogP contribution in [-0.4, -0.2) is 58.5 Å². The van der Waals surface area contributed by atoms with Crippen molar-refractivity contribution in [3.63, 3.8) is 0 Å². The fraction of sp³-hybridized carbons (Fsp3) is 0.500. The average Bonchev–Trinajstić information content (AvgIpc) is 2.92. The van der Waals surface area contributed by atoms with Gasteiger partial charge in [-0.15, -0.1) is 0 Å². The van der Waals surface area contributed by atoms with E-state index in [9.17, 15) is 19.2 Å². The zero-order valence-electron chi connectivity index (χ0n) is 23.9. The predicted molar refractivity (Wildman–Crippen MR) is 149 cm³/mol.